The number of ketones is 2. The number of para-hydroxylation sites is 1. The Morgan fingerprint density at radius 3 is 2.47 bits per heavy atom. The number of halogens is 1. The summed E-state index contributed by atoms with van der Waals surface area (Å²) in [5, 5.41) is 10.1. The number of hydrogen-bond acceptors (Lipinski definition) is 5. The third-order valence-electron chi connectivity index (χ3n) is 5.73. The zero-order valence-electron chi connectivity index (χ0n) is 17.3. The van der Waals surface area contributed by atoms with Crippen LogP contribution >= 0.6 is 0 Å². The van der Waals surface area contributed by atoms with Crippen molar-refractivity contribution in [3.05, 3.63) is 59.4 Å². The number of methoxy groups -OCH3 is 1. The molecule has 0 aromatic heterocycles. The van der Waals surface area contributed by atoms with Crippen molar-refractivity contribution < 1.29 is 23.8 Å². The second kappa shape index (κ2) is 10.3. The first-order chi connectivity index (χ1) is 14.5. The van der Waals surface area contributed by atoms with E-state index < -0.39 is 0 Å². The lowest BCUT2D eigenvalue weighted by molar-refractivity contribution is 0.0836. The molecule has 2 aromatic rings. The highest BCUT2D eigenvalue weighted by Gasteiger charge is 2.25. The van der Waals surface area contributed by atoms with Crippen molar-refractivity contribution >= 4 is 11.6 Å². The third-order valence-corrected chi connectivity index (χ3v) is 5.73. The highest BCUT2D eigenvalue weighted by Crippen LogP contribution is 2.30. The molecule has 0 unspecified atom stereocenters. The number of Topliss-reactive ketones (excluding diaryl/α,β-unsaturated/α-hetero) is 2. The van der Waals surface area contributed by atoms with E-state index in [0.717, 1.165) is 45.3 Å². The Kier molecular flexibility index (Phi) is 7.57. The van der Waals surface area contributed by atoms with Gasteiger partial charge in [0.25, 0.3) is 0 Å². The van der Waals surface area contributed by atoms with E-state index in [1.807, 2.05) is 0 Å². The van der Waals surface area contributed by atoms with Gasteiger partial charge in [-0.15, -0.1) is 0 Å². The van der Waals surface area contributed by atoms with Gasteiger partial charge < -0.3 is 14.7 Å². The van der Waals surface area contributed by atoms with E-state index in [2.05, 4.69) is 4.90 Å². The lowest BCUT2D eigenvalue weighted by atomic mass is 9.89. The second-order valence-corrected chi connectivity index (χ2v) is 7.72. The van der Waals surface area contributed by atoms with E-state index in [4.69, 9.17) is 4.74 Å². The van der Waals surface area contributed by atoms with Gasteiger partial charge in [-0.3, -0.25) is 9.59 Å². The van der Waals surface area contributed by atoms with Crippen LogP contribution < -0.4 is 4.74 Å². The molecule has 6 heteroatoms. The Hall–Kier alpha value is -2.73. The molecule has 1 heterocycles. The summed E-state index contributed by atoms with van der Waals surface area (Å²) in [6, 6.07) is 10.7. The molecule has 1 aliphatic heterocycles. The molecule has 3 rings (SSSR count). The van der Waals surface area contributed by atoms with Crippen molar-refractivity contribution in [3.63, 3.8) is 0 Å². The number of phenols is 1. The van der Waals surface area contributed by atoms with Crippen LogP contribution in [0, 0.1) is 11.7 Å². The Balaban J connectivity index is 1.38. The highest BCUT2D eigenvalue weighted by atomic mass is 19.1. The first-order valence-corrected chi connectivity index (χ1v) is 10.4. The minimum atomic E-state index is -0.332. The van der Waals surface area contributed by atoms with Crippen LogP contribution in [-0.2, 0) is 0 Å². The Morgan fingerprint density at radius 1 is 1.10 bits per heavy atom. The maximum absolute atomic E-state index is 13.0. The molecule has 0 saturated carbocycles. The van der Waals surface area contributed by atoms with Crippen LogP contribution in [0.25, 0.3) is 0 Å². The van der Waals surface area contributed by atoms with Gasteiger partial charge in [0.2, 0.25) is 0 Å². The number of phenolic OH excluding ortho intramolecular Hbond substituents is 1. The van der Waals surface area contributed by atoms with Crippen LogP contribution in [0.1, 0.15) is 52.8 Å². The monoisotopic (exact) mass is 413 g/mol. The maximum Gasteiger partial charge on any atom is 0.168 e. The predicted molar refractivity (Wildman–Crippen MR) is 113 cm³/mol. The Morgan fingerprint density at radius 2 is 1.80 bits per heavy atom. The number of benzene rings is 2. The molecule has 5 nitrogen and oxygen atoms in total. The molecule has 0 spiro atoms. The van der Waals surface area contributed by atoms with Crippen molar-refractivity contribution in [1.29, 1.82) is 0 Å². The Labute approximate surface area is 176 Å². The van der Waals surface area contributed by atoms with Gasteiger partial charge in [-0.2, -0.15) is 0 Å². The molecular formula is C24H28FNO4. The molecule has 1 saturated heterocycles. The average Bonchev–Trinajstić information content (AvgIpc) is 2.77. The van der Waals surface area contributed by atoms with Gasteiger partial charge in [-0.05, 0) is 81.7 Å². The minimum absolute atomic E-state index is 0.00988. The summed E-state index contributed by atoms with van der Waals surface area (Å²) in [5.74, 6) is -0.129. The fourth-order valence-corrected chi connectivity index (χ4v) is 3.94. The summed E-state index contributed by atoms with van der Waals surface area (Å²) >= 11 is 0. The molecule has 1 fully saturated rings. The van der Waals surface area contributed by atoms with Gasteiger partial charge >= 0.3 is 0 Å². The van der Waals surface area contributed by atoms with Crippen molar-refractivity contribution in [3.8, 4) is 11.5 Å². The molecule has 0 amide bonds. The minimum Gasteiger partial charge on any atom is -0.504 e. The lowest BCUT2D eigenvalue weighted by Gasteiger charge is -2.31. The lowest BCUT2D eigenvalue weighted by Crippen LogP contribution is -2.37. The molecular weight excluding hydrogens is 385 g/mol. The van der Waals surface area contributed by atoms with Crippen LogP contribution in [0.5, 0.6) is 11.5 Å². The van der Waals surface area contributed by atoms with Gasteiger partial charge in [0.15, 0.2) is 23.1 Å². The number of unbranched alkanes of at least 4 members (excludes halogenated alkanes) is 1. The van der Waals surface area contributed by atoms with E-state index >= 15 is 0 Å². The van der Waals surface area contributed by atoms with E-state index in [9.17, 15) is 19.1 Å². The fourth-order valence-electron chi connectivity index (χ4n) is 3.94. The zero-order chi connectivity index (χ0) is 21.5. The average molecular weight is 413 g/mol. The van der Waals surface area contributed by atoms with Crippen LogP contribution in [-0.4, -0.2) is 48.3 Å². The number of piperidine rings is 1. The molecule has 0 radical (unpaired) electrons. The van der Waals surface area contributed by atoms with E-state index in [0.29, 0.717) is 23.3 Å². The topological polar surface area (TPSA) is 66.8 Å². The summed E-state index contributed by atoms with van der Waals surface area (Å²) in [5.41, 5.74) is 0.878. The maximum atomic E-state index is 13.0. The molecule has 2 aromatic carbocycles. The third kappa shape index (κ3) is 5.45. The van der Waals surface area contributed by atoms with Crippen molar-refractivity contribution in [1.82, 2.24) is 4.90 Å². The van der Waals surface area contributed by atoms with Gasteiger partial charge in [-0.25, -0.2) is 4.39 Å². The van der Waals surface area contributed by atoms with E-state index in [1.54, 1.807) is 30.3 Å². The van der Waals surface area contributed by atoms with Crippen molar-refractivity contribution in [2.24, 2.45) is 5.92 Å². The standard InChI is InChI=1S/C24H28FNO4/c1-30-22-7-4-5-20(24(22)29)21(27)6-2-3-14-26-15-12-18(13-16-26)23(28)17-8-10-19(25)11-9-17/h4-5,7-11,18,29H,2-3,6,12-16H2,1H3. The van der Waals surface area contributed by atoms with Gasteiger partial charge in [-0.1, -0.05) is 6.07 Å². The summed E-state index contributed by atoms with van der Waals surface area (Å²) in [7, 11) is 1.46. The first-order valence-electron chi connectivity index (χ1n) is 10.4. The van der Waals surface area contributed by atoms with E-state index in [-0.39, 0.29) is 29.1 Å². The van der Waals surface area contributed by atoms with Crippen LogP contribution in [0.3, 0.4) is 0 Å². The number of aromatic hydroxyl groups is 1. The second-order valence-electron chi connectivity index (χ2n) is 7.72. The smallest absolute Gasteiger partial charge is 0.168 e. The molecule has 1 aliphatic rings. The van der Waals surface area contributed by atoms with Crippen LogP contribution in [0.2, 0.25) is 0 Å². The summed E-state index contributed by atoms with van der Waals surface area (Å²) in [6.07, 6.45) is 3.59. The molecule has 0 atom stereocenters. The molecule has 30 heavy (non-hydrogen) atoms. The van der Waals surface area contributed by atoms with Crippen LogP contribution in [0.4, 0.5) is 4.39 Å². The molecule has 1 N–H and O–H groups in total. The highest BCUT2D eigenvalue weighted by molar-refractivity contribution is 5.99. The summed E-state index contributed by atoms with van der Waals surface area (Å²) in [6.45, 7) is 2.58. The van der Waals surface area contributed by atoms with E-state index in [1.165, 1.54) is 19.2 Å². The zero-order valence-corrected chi connectivity index (χ0v) is 17.3. The fraction of sp³-hybridized carbons (Fsp3) is 0.417. The number of likely N-dealkylation sites (tertiary alicyclic amines) is 1. The van der Waals surface area contributed by atoms with Gasteiger partial charge in [0.05, 0.1) is 12.7 Å². The predicted octanol–water partition coefficient (Wildman–Crippen LogP) is 4.49. The molecule has 160 valence electrons. The van der Waals surface area contributed by atoms with Crippen molar-refractivity contribution in [2.75, 3.05) is 26.7 Å². The number of hydrogen-bond donors (Lipinski definition) is 1. The normalized spacial score (nSPS) is 15.1. The SMILES string of the molecule is COc1cccc(C(=O)CCCCN2CCC(C(=O)c3ccc(F)cc3)CC2)c1O. The summed E-state index contributed by atoms with van der Waals surface area (Å²) in [4.78, 5) is 27.2. The van der Waals surface area contributed by atoms with Gasteiger partial charge in [0, 0.05) is 17.9 Å². The summed E-state index contributed by atoms with van der Waals surface area (Å²) < 4.78 is 18.1. The number of ether oxygens (including phenoxy) is 1. The number of carbonyl (C=O) groups is 2. The van der Waals surface area contributed by atoms with Crippen molar-refractivity contribution in [2.45, 2.75) is 32.1 Å². The van der Waals surface area contributed by atoms with Crippen LogP contribution in [0.15, 0.2) is 42.5 Å². The molecule has 0 aliphatic carbocycles. The quantitative estimate of drug-likeness (QED) is 0.485. The number of rotatable bonds is 9. The van der Waals surface area contributed by atoms with Gasteiger partial charge in [0.1, 0.15) is 5.82 Å². The largest absolute Gasteiger partial charge is 0.504 e. The molecule has 0 bridgehead atoms. The number of carbonyl (C=O) groups excluding carboxylic acids is 2. The first kappa shape index (κ1) is 22.0. The number of nitrogens with zero attached hydrogens (tertiary/aromatic N) is 1. The Bertz CT molecular complexity index is 873.